The number of aromatic nitrogens is 1. The first-order chi connectivity index (χ1) is 17.4. The Bertz CT molecular complexity index is 1330. The number of hydrogen-bond acceptors (Lipinski definition) is 4. The van der Waals surface area contributed by atoms with Gasteiger partial charge in [-0.2, -0.15) is 0 Å². The van der Waals surface area contributed by atoms with Crippen molar-refractivity contribution in [2.75, 3.05) is 33.3 Å². The van der Waals surface area contributed by atoms with Crippen LogP contribution in [0.25, 0.3) is 22.6 Å². The molecule has 2 aliphatic rings. The third-order valence-corrected chi connectivity index (χ3v) is 7.18. The van der Waals surface area contributed by atoms with Gasteiger partial charge >= 0.3 is 6.03 Å². The topological polar surface area (TPSA) is 88.8 Å². The van der Waals surface area contributed by atoms with Gasteiger partial charge in [-0.25, -0.2) is 9.78 Å². The van der Waals surface area contributed by atoms with Gasteiger partial charge in [0.15, 0.2) is 0 Å². The molecule has 2 N–H and O–H groups in total. The smallest absolute Gasteiger partial charge is 0.314 e. The first-order valence-corrected chi connectivity index (χ1v) is 12.5. The maximum atomic E-state index is 14.1. The number of ether oxygens (including phenoxy) is 1. The van der Waals surface area contributed by atoms with Crippen LogP contribution in [0.15, 0.2) is 48.5 Å². The maximum absolute atomic E-state index is 14.1. The minimum Gasteiger partial charge on any atom is -0.497 e. The first kappa shape index (κ1) is 23.9. The highest BCUT2D eigenvalue weighted by atomic mass is 16.5. The number of amides is 3. The van der Waals surface area contributed by atoms with E-state index in [2.05, 4.69) is 13.0 Å². The summed E-state index contributed by atoms with van der Waals surface area (Å²) < 4.78 is 5.31. The fourth-order valence-electron chi connectivity index (χ4n) is 5.38. The summed E-state index contributed by atoms with van der Waals surface area (Å²) in [5.74, 6) is 1.21. The van der Waals surface area contributed by atoms with E-state index in [1.807, 2.05) is 53.4 Å². The summed E-state index contributed by atoms with van der Waals surface area (Å²) in [6.45, 7) is 4.31. The molecule has 3 aromatic rings. The van der Waals surface area contributed by atoms with Gasteiger partial charge in [-0.3, -0.25) is 4.79 Å². The van der Waals surface area contributed by atoms with E-state index in [1.165, 1.54) is 0 Å². The van der Waals surface area contributed by atoms with Gasteiger partial charge in [-0.15, -0.1) is 0 Å². The fourth-order valence-corrected chi connectivity index (χ4v) is 5.38. The number of carbonyl (C=O) groups excluding carboxylic acids is 2. The molecule has 7 heteroatoms. The van der Waals surface area contributed by atoms with E-state index in [4.69, 9.17) is 15.5 Å². The van der Waals surface area contributed by atoms with Crippen LogP contribution in [0.2, 0.25) is 0 Å². The van der Waals surface area contributed by atoms with Gasteiger partial charge in [0.05, 0.1) is 23.9 Å². The van der Waals surface area contributed by atoms with Crippen molar-refractivity contribution in [1.29, 1.82) is 0 Å². The molecular weight excluding hydrogens is 452 g/mol. The number of nitrogens with zero attached hydrogens (tertiary/aromatic N) is 3. The number of carbonyl (C=O) groups is 2. The second kappa shape index (κ2) is 10.0. The summed E-state index contributed by atoms with van der Waals surface area (Å²) in [6.07, 6.45) is 4.59. The van der Waals surface area contributed by atoms with E-state index in [0.717, 1.165) is 57.5 Å². The molecule has 3 amide bonds. The van der Waals surface area contributed by atoms with Gasteiger partial charge in [-0.1, -0.05) is 37.3 Å². The lowest BCUT2D eigenvalue weighted by atomic mass is 9.80. The normalized spacial score (nSPS) is 19.2. The van der Waals surface area contributed by atoms with Crippen LogP contribution in [0.4, 0.5) is 4.79 Å². The summed E-state index contributed by atoms with van der Waals surface area (Å²) in [6, 6.07) is 15.5. The van der Waals surface area contributed by atoms with Gasteiger partial charge in [0.1, 0.15) is 5.75 Å². The second-order valence-electron chi connectivity index (χ2n) is 9.76. The highest BCUT2D eigenvalue weighted by Gasteiger charge is 2.31. The first-order valence-electron chi connectivity index (χ1n) is 12.5. The lowest BCUT2D eigenvalue weighted by molar-refractivity contribution is 0.0763. The van der Waals surface area contributed by atoms with Crippen LogP contribution < -0.4 is 10.5 Å². The molecule has 5 rings (SSSR count). The van der Waals surface area contributed by atoms with Crippen LogP contribution in [0, 0.1) is 5.92 Å². The molecule has 1 aliphatic carbocycles. The third-order valence-electron chi connectivity index (χ3n) is 7.18. The van der Waals surface area contributed by atoms with E-state index in [-0.39, 0.29) is 5.91 Å². The number of hydrogen-bond donors (Lipinski definition) is 1. The predicted molar refractivity (Wildman–Crippen MR) is 142 cm³/mol. The summed E-state index contributed by atoms with van der Waals surface area (Å²) in [5.41, 5.74) is 11.2. The van der Waals surface area contributed by atoms with Crippen molar-refractivity contribution in [3.63, 3.8) is 0 Å². The quantitative estimate of drug-likeness (QED) is 0.589. The van der Waals surface area contributed by atoms with Crippen molar-refractivity contribution in [2.45, 2.75) is 26.2 Å². The molecule has 1 unspecified atom stereocenters. The average Bonchev–Trinajstić information content (AvgIpc) is 3.14. The summed E-state index contributed by atoms with van der Waals surface area (Å²) in [4.78, 5) is 34.3. The number of urea groups is 1. The number of primary amides is 1. The van der Waals surface area contributed by atoms with Gasteiger partial charge in [0.25, 0.3) is 5.91 Å². The number of para-hydroxylation sites is 1. The molecule has 1 atom stereocenters. The zero-order chi connectivity index (χ0) is 25.2. The molecule has 0 saturated carbocycles. The number of benzene rings is 2. The van der Waals surface area contributed by atoms with E-state index in [0.29, 0.717) is 38.5 Å². The van der Waals surface area contributed by atoms with Crippen molar-refractivity contribution < 1.29 is 14.3 Å². The number of allylic oxidation sites excluding steroid dienone is 1. The molecule has 1 fully saturated rings. The molecular formula is C29H32N4O3. The molecule has 2 aromatic carbocycles. The van der Waals surface area contributed by atoms with E-state index >= 15 is 0 Å². The molecule has 2 heterocycles. The van der Waals surface area contributed by atoms with E-state index < -0.39 is 6.03 Å². The Balaban J connectivity index is 1.60. The second-order valence-corrected chi connectivity index (χ2v) is 9.76. The zero-order valence-corrected chi connectivity index (χ0v) is 20.9. The van der Waals surface area contributed by atoms with Gasteiger partial charge < -0.3 is 20.3 Å². The SMILES string of the molecule is COc1ccc(/C=C2\CC(C)Cc3c2nc2ccccc2c3C(=O)N2CCCN(C(N)=O)CC2)cc1. The van der Waals surface area contributed by atoms with E-state index in [1.54, 1.807) is 12.0 Å². The fraction of sp³-hybridized carbons (Fsp3) is 0.345. The molecule has 186 valence electrons. The Kier molecular flexibility index (Phi) is 6.63. The lowest BCUT2D eigenvalue weighted by Gasteiger charge is -2.29. The molecule has 1 aromatic heterocycles. The van der Waals surface area contributed by atoms with Gasteiger partial charge in [0.2, 0.25) is 0 Å². The number of fused-ring (bicyclic) bond motifs is 2. The summed E-state index contributed by atoms with van der Waals surface area (Å²) in [7, 11) is 1.66. The molecule has 0 radical (unpaired) electrons. The molecule has 1 saturated heterocycles. The average molecular weight is 485 g/mol. The maximum Gasteiger partial charge on any atom is 0.314 e. The van der Waals surface area contributed by atoms with Crippen LogP contribution in [0.1, 0.15) is 46.9 Å². The zero-order valence-electron chi connectivity index (χ0n) is 20.9. The molecule has 7 nitrogen and oxygen atoms in total. The summed E-state index contributed by atoms with van der Waals surface area (Å²) >= 11 is 0. The molecule has 0 bridgehead atoms. The third kappa shape index (κ3) is 4.65. The molecule has 0 spiro atoms. The lowest BCUT2D eigenvalue weighted by Crippen LogP contribution is -2.40. The van der Waals surface area contributed by atoms with Crippen molar-refractivity contribution in [1.82, 2.24) is 14.8 Å². The van der Waals surface area contributed by atoms with Crippen LogP contribution in [0.5, 0.6) is 5.75 Å². The highest BCUT2D eigenvalue weighted by molar-refractivity contribution is 6.09. The number of rotatable bonds is 3. The standard InChI is InChI=1S/C29H32N4O3/c1-19-16-21(18-20-8-10-22(36-2)11-9-20)27-24(17-19)26(23-6-3-4-7-25(23)31-27)28(34)32-12-5-13-33(15-14-32)29(30)35/h3-4,6-11,18-19H,5,12-17H2,1-2H3,(H2,30,35)/b21-18+. The monoisotopic (exact) mass is 484 g/mol. The van der Waals surface area contributed by atoms with Crippen molar-refractivity contribution in [3.8, 4) is 5.75 Å². The number of pyridine rings is 1. The van der Waals surface area contributed by atoms with Gasteiger partial charge in [-0.05, 0) is 66.2 Å². The Hall–Kier alpha value is -3.87. The van der Waals surface area contributed by atoms with Crippen LogP contribution in [-0.2, 0) is 6.42 Å². The Labute approximate surface area is 211 Å². The van der Waals surface area contributed by atoms with Crippen LogP contribution >= 0.6 is 0 Å². The largest absolute Gasteiger partial charge is 0.497 e. The van der Waals surface area contributed by atoms with Crippen LogP contribution in [0.3, 0.4) is 0 Å². The molecule has 1 aliphatic heterocycles. The Morgan fingerprint density at radius 2 is 1.72 bits per heavy atom. The minimum absolute atomic E-state index is 0.00840. The molecule has 36 heavy (non-hydrogen) atoms. The Morgan fingerprint density at radius 3 is 2.47 bits per heavy atom. The van der Waals surface area contributed by atoms with Crippen LogP contribution in [-0.4, -0.2) is 60.0 Å². The number of methoxy groups -OCH3 is 1. The predicted octanol–water partition coefficient (Wildman–Crippen LogP) is 4.59. The Morgan fingerprint density at radius 1 is 1.00 bits per heavy atom. The van der Waals surface area contributed by atoms with Crippen molar-refractivity contribution in [3.05, 3.63) is 70.9 Å². The summed E-state index contributed by atoms with van der Waals surface area (Å²) in [5, 5.41) is 0.884. The van der Waals surface area contributed by atoms with E-state index in [9.17, 15) is 9.59 Å². The highest BCUT2D eigenvalue weighted by Crippen LogP contribution is 2.39. The van der Waals surface area contributed by atoms with Crippen molar-refractivity contribution in [2.24, 2.45) is 11.7 Å². The minimum atomic E-state index is -0.432. The van der Waals surface area contributed by atoms with Crippen molar-refractivity contribution >= 4 is 34.5 Å². The number of nitrogens with two attached hydrogens (primary N) is 1. The van der Waals surface area contributed by atoms with Gasteiger partial charge in [0, 0.05) is 31.6 Å².